The SMILES string of the molecule is Cc1cc(Nc2cc3ncccc3c(N[C@@H]3CC4=[N+](CCC#N)[C@@H](CC4)C3)n2)n[nH]1. The summed E-state index contributed by atoms with van der Waals surface area (Å²) >= 11 is 0. The van der Waals surface area contributed by atoms with E-state index in [9.17, 15) is 0 Å². The predicted octanol–water partition coefficient (Wildman–Crippen LogP) is 3.51. The Kier molecular flexibility index (Phi) is 4.79. The summed E-state index contributed by atoms with van der Waals surface area (Å²) in [4.78, 5) is 9.39. The molecule has 30 heavy (non-hydrogen) atoms. The summed E-state index contributed by atoms with van der Waals surface area (Å²) in [6.07, 6.45) is 6.80. The maximum absolute atomic E-state index is 8.95. The number of aromatic amines is 1. The van der Waals surface area contributed by atoms with Crippen LogP contribution in [0.5, 0.6) is 0 Å². The van der Waals surface area contributed by atoms with Crippen LogP contribution in [-0.4, -0.2) is 49.1 Å². The first kappa shape index (κ1) is 18.6. The van der Waals surface area contributed by atoms with Crippen molar-refractivity contribution in [2.24, 2.45) is 0 Å². The van der Waals surface area contributed by atoms with Crippen molar-refractivity contribution < 1.29 is 4.58 Å². The van der Waals surface area contributed by atoms with Gasteiger partial charge in [-0.15, -0.1) is 0 Å². The number of nitrogens with one attached hydrogen (secondary N) is 3. The Morgan fingerprint density at radius 1 is 1.33 bits per heavy atom. The van der Waals surface area contributed by atoms with Gasteiger partial charge in [-0.2, -0.15) is 10.4 Å². The fourth-order valence-corrected chi connectivity index (χ4v) is 4.73. The third-order valence-electron chi connectivity index (χ3n) is 6.02. The summed E-state index contributed by atoms with van der Waals surface area (Å²) < 4.78 is 2.46. The Morgan fingerprint density at radius 3 is 3.07 bits per heavy atom. The van der Waals surface area contributed by atoms with Crippen LogP contribution in [0.2, 0.25) is 0 Å². The van der Waals surface area contributed by atoms with E-state index in [4.69, 9.17) is 10.2 Å². The quantitative estimate of drug-likeness (QED) is 0.546. The predicted molar refractivity (Wildman–Crippen MR) is 116 cm³/mol. The highest BCUT2D eigenvalue weighted by molar-refractivity contribution is 5.92. The van der Waals surface area contributed by atoms with Gasteiger partial charge in [0.15, 0.2) is 24.1 Å². The van der Waals surface area contributed by atoms with Gasteiger partial charge in [0.2, 0.25) is 0 Å². The van der Waals surface area contributed by atoms with Crippen molar-refractivity contribution >= 4 is 34.1 Å². The molecule has 3 aromatic heterocycles. The van der Waals surface area contributed by atoms with Crippen LogP contribution >= 0.6 is 0 Å². The first-order valence-electron chi connectivity index (χ1n) is 10.5. The Balaban J connectivity index is 1.41. The van der Waals surface area contributed by atoms with Gasteiger partial charge in [-0.1, -0.05) is 0 Å². The number of rotatable bonds is 6. The van der Waals surface area contributed by atoms with Crippen LogP contribution in [0.4, 0.5) is 17.5 Å². The van der Waals surface area contributed by atoms with Gasteiger partial charge in [0, 0.05) is 61.1 Å². The average molecular weight is 401 g/mol. The summed E-state index contributed by atoms with van der Waals surface area (Å²) in [5.74, 6) is 2.31. The van der Waals surface area contributed by atoms with Crippen LogP contribution < -0.4 is 10.6 Å². The number of nitriles is 1. The van der Waals surface area contributed by atoms with Crippen molar-refractivity contribution in [3.05, 3.63) is 36.2 Å². The molecule has 0 saturated heterocycles. The normalized spacial score (nSPS) is 20.4. The molecule has 8 nitrogen and oxygen atoms in total. The molecule has 2 aliphatic rings. The van der Waals surface area contributed by atoms with Crippen LogP contribution in [0.15, 0.2) is 30.5 Å². The van der Waals surface area contributed by atoms with Crippen molar-refractivity contribution in [3.8, 4) is 6.07 Å². The van der Waals surface area contributed by atoms with Crippen molar-refractivity contribution in [2.45, 2.75) is 51.1 Å². The molecule has 0 saturated carbocycles. The minimum atomic E-state index is 0.338. The second-order valence-corrected chi connectivity index (χ2v) is 8.13. The second kappa shape index (κ2) is 7.75. The lowest BCUT2D eigenvalue weighted by atomic mass is 10.0. The third kappa shape index (κ3) is 3.59. The first-order valence-corrected chi connectivity index (χ1v) is 10.5. The summed E-state index contributed by atoms with van der Waals surface area (Å²) in [6.45, 7) is 2.83. The molecule has 0 aromatic carbocycles. The van der Waals surface area contributed by atoms with Crippen LogP contribution in [0.25, 0.3) is 10.9 Å². The van der Waals surface area contributed by atoms with Crippen molar-refractivity contribution in [1.29, 1.82) is 5.26 Å². The molecule has 5 heterocycles. The summed E-state index contributed by atoms with van der Waals surface area (Å²) in [5.41, 5.74) is 3.36. The van der Waals surface area contributed by atoms with E-state index in [1.807, 2.05) is 25.1 Å². The molecule has 8 heteroatoms. The van der Waals surface area contributed by atoms with E-state index >= 15 is 0 Å². The molecule has 3 aromatic rings. The molecule has 0 spiro atoms. The van der Waals surface area contributed by atoms with Crippen LogP contribution in [0.3, 0.4) is 0 Å². The van der Waals surface area contributed by atoms with Gasteiger partial charge < -0.3 is 10.6 Å². The molecule has 0 radical (unpaired) electrons. The molecular weight excluding hydrogens is 376 g/mol. The second-order valence-electron chi connectivity index (χ2n) is 8.13. The zero-order valence-electron chi connectivity index (χ0n) is 17.0. The fraction of sp³-hybridized carbons (Fsp3) is 0.409. The number of hydrogen-bond acceptors (Lipinski definition) is 6. The lowest BCUT2D eigenvalue weighted by Crippen LogP contribution is -2.39. The number of hydrogen-bond donors (Lipinski definition) is 3. The summed E-state index contributed by atoms with van der Waals surface area (Å²) in [6, 6.07) is 11.0. The zero-order chi connectivity index (χ0) is 20.5. The van der Waals surface area contributed by atoms with Crippen LogP contribution in [0, 0.1) is 18.3 Å². The zero-order valence-corrected chi connectivity index (χ0v) is 17.0. The molecular formula is C22H25N8+. The van der Waals surface area contributed by atoms with E-state index in [0.29, 0.717) is 18.5 Å². The standard InChI is InChI=1S/C22H25N8/c1-14-10-21(29-28-14)26-20-13-19-18(4-2-8-24-19)22(27-20)25-15-11-16-5-6-17(12-15)30(16)9-3-7-23/h2,4,8,10,13,15-16H,3,5-6,9,11-12H2,1H3,(H3,25,26,27,28,29)/q+1/t15-,16-/m0/s1. The first-order chi connectivity index (χ1) is 14.7. The fourth-order valence-electron chi connectivity index (χ4n) is 4.73. The monoisotopic (exact) mass is 401 g/mol. The Hall–Kier alpha value is -3.47. The van der Waals surface area contributed by atoms with Crippen molar-refractivity contribution in [1.82, 2.24) is 20.2 Å². The third-order valence-corrected chi connectivity index (χ3v) is 6.02. The molecule has 2 aliphatic heterocycles. The number of anilines is 3. The van der Waals surface area contributed by atoms with Gasteiger partial charge in [-0.05, 0) is 19.1 Å². The number of aromatic nitrogens is 4. The van der Waals surface area contributed by atoms with E-state index in [-0.39, 0.29) is 0 Å². The Morgan fingerprint density at radius 2 is 2.27 bits per heavy atom. The smallest absolute Gasteiger partial charge is 0.156 e. The minimum Gasteiger partial charge on any atom is -0.366 e. The van der Waals surface area contributed by atoms with E-state index in [2.05, 4.69) is 42.5 Å². The van der Waals surface area contributed by atoms with E-state index < -0.39 is 0 Å². The number of aryl methyl sites for hydroxylation is 1. The van der Waals surface area contributed by atoms with Gasteiger partial charge in [-0.3, -0.25) is 10.1 Å². The van der Waals surface area contributed by atoms with Gasteiger partial charge in [0.1, 0.15) is 11.6 Å². The maximum atomic E-state index is 8.95. The number of pyridine rings is 2. The highest BCUT2D eigenvalue weighted by Crippen LogP contribution is 2.31. The number of H-pyrrole nitrogens is 1. The Labute approximate surface area is 175 Å². The Bertz CT molecular complexity index is 1160. The lowest BCUT2D eigenvalue weighted by Gasteiger charge is -2.25. The highest BCUT2D eigenvalue weighted by Gasteiger charge is 2.40. The topological polar surface area (TPSA) is 105 Å². The number of nitrogens with zero attached hydrogens (tertiary/aromatic N) is 5. The van der Waals surface area contributed by atoms with Gasteiger partial charge in [0.25, 0.3) is 0 Å². The molecule has 2 bridgehead atoms. The minimum absolute atomic E-state index is 0.338. The maximum Gasteiger partial charge on any atom is 0.156 e. The molecule has 0 fully saturated rings. The largest absolute Gasteiger partial charge is 0.366 e. The molecule has 0 unspecified atom stereocenters. The van der Waals surface area contributed by atoms with Crippen molar-refractivity contribution in [3.63, 3.8) is 0 Å². The molecule has 2 atom stereocenters. The average Bonchev–Trinajstić information content (AvgIpc) is 3.25. The summed E-state index contributed by atoms with van der Waals surface area (Å²) in [7, 11) is 0. The van der Waals surface area contributed by atoms with E-state index in [0.717, 1.165) is 59.9 Å². The van der Waals surface area contributed by atoms with E-state index in [1.165, 1.54) is 12.1 Å². The highest BCUT2D eigenvalue weighted by atomic mass is 15.2. The van der Waals surface area contributed by atoms with Crippen molar-refractivity contribution in [2.75, 3.05) is 17.2 Å². The van der Waals surface area contributed by atoms with E-state index in [1.54, 1.807) is 6.20 Å². The van der Waals surface area contributed by atoms with Gasteiger partial charge >= 0.3 is 0 Å². The lowest BCUT2D eigenvalue weighted by molar-refractivity contribution is -0.562. The van der Waals surface area contributed by atoms with Crippen LogP contribution in [0.1, 0.15) is 37.8 Å². The molecule has 3 N–H and O–H groups in total. The molecule has 152 valence electrons. The molecule has 0 aliphatic carbocycles. The summed E-state index contributed by atoms with van der Waals surface area (Å²) in [5, 5.41) is 24.1. The molecule has 5 rings (SSSR count). The number of fused-ring (bicyclic) bond motifs is 2. The molecule has 0 amide bonds. The van der Waals surface area contributed by atoms with Gasteiger partial charge in [-0.25, -0.2) is 9.56 Å². The van der Waals surface area contributed by atoms with Crippen LogP contribution in [-0.2, 0) is 0 Å². The van der Waals surface area contributed by atoms with Gasteiger partial charge in [0.05, 0.1) is 18.0 Å².